The number of sulfonamides is 1. The number of benzene rings is 2. The molecule has 2 rings (SSSR count). The van der Waals surface area contributed by atoms with Crippen molar-refractivity contribution in [2.24, 2.45) is 0 Å². The summed E-state index contributed by atoms with van der Waals surface area (Å²) >= 11 is 0. The summed E-state index contributed by atoms with van der Waals surface area (Å²) in [7, 11) is -4.04. The lowest BCUT2D eigenvalue weighted by Crippen LogP contribution is -2.24. The zero-order valence-electron chi connectivity index (χ0n) is 13.4. The third kappa shape index (κ3) is 4.61. The van der Waals surface area contributed by atoms with Gasteiger partial charge in [-0.25, -0.2) is 13.1 Å². The lowest BCUT2D eigenvalue weighted by atomic mass is 10.1. The normalized spacial score (nSPS) is 11.1. The summed E-state index contributed by atoms with van der Waals surface area (Å²) in [4.78, 5) is 21.5. The summed E-state index contributed by atoms with van der Waals surface area (Å²) in [5.41, 5.74) is 0.601. The van der Waals surface area contributed by atoms with Crippen LogP contribution in [0.15, 0.2) is 53.4 Å². The van der Waals surface area contributed by atoms with E-state index in [1.807, 2.05) is 6.92 Å². The smallest absolute Gasteiger partial charge is 0.289 e. The Morgan fingerprint density at radius 1 is 1.12 bits per heavy atom. The highest BCUT2D eigenvalue weighted by Gasteiger charge is 2.24. The van der Waals surface area contributed by atoms with Crippen LogP contribution in [0.3, 0.4) is 0 Å². The molecule has 0 unspecified atom stereocenters. The standard InChI is InChI=1S/C16H17N3O5S/c1-2-17-16(20)13-9-7-12(8-10-13)11-18-25(23,24)15-6-4-3-5-14(15)19(21)22/h3-10,18H,2,11H2,1H3,(H,17,20). The fourth-order valence-electron chi connectivity index (χ4n) is 2.13. The molecule has 0 saturated carbocycles. The van der Waals surface area contributed by atoms with Gasteiger partial charge in [-0.2, -0.15) is 0 Å². The van der Waals surface area contributed by atoms with E-state index in [9.17, 15) is 23.3 Å². The Morgan fingerprint density at radius 3 is 2.36 bits per heavy atom. The quantitative estimate of drug-likeness (QED) is 0.574. The van der Waals surface area contributed by atoms with Gasteiger partial charge in [0, 0.05) is 24.7 Å². The number of hydrogen-bond donors (Lipinski definition) is 2. The fourth-order valence-corrected chi connectivity index (χ4v) is 3.32. The number of carbonyl (C=O) groups excluding carboxylic acids is 1. The van der Waals surface area contributed by atoms with Crippen LogP contribution in [0.25, 0.3) is 0 Å². The first-order valence-electron chi connectivity index (χ1n) is 7.45. The van der Waals surface area contributed by atoms with Crippen molar-refractivity contribution < 1.29 is 18.1 Å². The molecule has 0 heterocycles. The summed E-state index contributed by atoms with van der Waals surface area (Å²) in [5.74, 6) is -0.213. The minimum absolute atomic E-state index is 0.0515. The predicted molar refractivity (Wildman–Crippen MR) is 91.6 cm³/mol. The van der Waals surface area contributed by atoms with Crippen molar-refractivity contribution in [3.8, 4) is 0 Å². The number of nitrogens with zero attached hydrogens (tertiary/aromatic N) is 1. The Labute approximate surface area is 145 Å². The van der Waals surface area contributed by atoms with Crippen LogP contribution in [0.2, 0.25) is 0 Å². The summed E-state index contributed by atoms with van der Waals surface area (Å²) < 4.78 is 27.0. The van der Waals surface area contributed by atoms with Gasteiger partial charge in [-0.05, 0) is 30.7 Å². The van der Waals surface area contributed by atoms with E-state index >= 15 is 0 Å². The number of nitro benzene ring substituents is 1. The topological polar surface area (TPSA) is 118 Å². The largest absolute Gasteiger partial charge is 0.352 e. The molecule has 0 aliphatic heterocycles. The van der Waals surface area contributed by atoms with Gasteiger partial charge in [0.15, 0.2) is 4.90 Å². The van der Waals surface area contributed by atoms with Gasteiger partial charge in [0.1, 0.15) is 0 Å². The molecule has 0 bridgehead atoms. The molecule has 0 atom stereocenters. The number of carbonyl (C=O) groups is 1. The molecule has 0 spiro atoms. The van der Waals surface area contributed by atoms with Crippen molar-refractivity contribution in [1.82, 2.24) is 10.0 Å². The SMILES string of the molecule is CCNC(=O)c1ccc(CNS(=O)(=O)c2ccccc2[N+](=O)[O-])cc1. The highest BCUT2D eigenvalue weighted by atomic mass is 32.2. The molecular weight excluding hydrogens is 346 g/mol. The van der Waals surface area contributed by atoms with Gasteiger partial charge in [-0.3, -0.25) is 14.9 Å². The van der Waals surface area contributed by atoms with Gasteiger partial charge >= 0.3 is 0 Å². The van der Waals surface area contributed by atoms with E-state index in [0.717, 1.165) is 6.07 Å². The molecule has 2 N–H and O–H groups in total. The average Bonchev–Trinajstić information content (AvgIpc) is 2.60. The van der Waals surface area contributed by atoms with Crippen LogP contribution in [0.1, 0.15) is 22.8 Å². The highest BCUT2D eigenvalue weighted by Crippen LogP contribution is 2.22. The molecule has 2 aromatic carbocycles. The average molecular weight is 363 g/mol. The van der Waals surface area contributed by atoms with Crippen LogP contribution in [-0.2, 0) is 16.6 Å². The molecule has 1 amide bonds. The van der Waals surface area contributed by atoms with Crippen LogP contribution in [0.4, 0.5) is 5.69 Å². The van der Waals surface area contributed by atoms with E-state index in [-0.39, 0.29) is 17.3 Å². The Hall–Kier alpha value is -2.78. The van der Waals surface area contributed by atoms with E-state index in [1.54, 1.807) is 24.3 Å². The summed E-state index contributed by atoms with van der Waals surface area (Å²) in [6.07, 6.45) is 0. The van der Waals surface area contributed by atoms with Crippen LogP contribution < -0.4 is 10.0 Å². The van der Waals surface area contributed by atoms with Gasteiger partial charge in [-0.1, -0.05) is 24.3 Å². The van der Waals surface area contributed by atoms with E-state index in [1.165, 1.54) is 18.2 Å². The molecule has 0 radical (unpaired) electrons. The minimum atomic E-state index is -4.04. The first kappa shape index (κ1) is 18.6. The zero-order chi connectivity index (χ0) is 18.4. The fraction of sp³-hybridized carbons (Fsp3) is 0.188. The molecule has 0 aliphatic carbocycles. The monoisotopic (exact) mass is 363 g/mol. The van der Waals surface area contributed by atoms with Crippen molar-refractivity contribution >= 4 is 21.6 Å². The third-order valence-electron chi connectivity index (χ3n) is 3.37. The number of hydrogen-bond acceptors (Lipinski definition) is 5. The first-order valence-corrected chi connectivity index (χ1v) is 8.93. The number of para-hydroxylation sites is 1. The molecule has 0 saturated heterocycles. The Morgan fingerprint density at radius 2 is 1.76 bits per heavy atom. The molecule has 9 heteroatoms. The number of amides is 1. The second-order valence-electron chi connectivity index (χ2n) is 5.11. The predicted octanol–water partition coefficient (Wildman–Crippen LogP) is 1.82. The lowest BCUT2D eigenvalue weighted by molar-refractivity contribution is -0.387. The van der Waals surface area contributed by atoms with Crippen molar-refractivity contribution in [2.75, 3.05) is 6.54 Å². The Balaban J connectivity index is 2.13. The molecule has 2 aromatic rings. The van der Waals surface area contributed by atoms with Crippen LogP contribution in [0.5, 0.6) is 0 Å². The van der Waals surface area contributed by atoms with Gasteiger partial charge in [-0.15, -0.1) is 0 Å². The van der Waals surface area contributed by atoms with Crippen molar-refractivity contribution in [1.29, 1.82) is 0 Å². The zero-order valence-corrected chi connectivity index (χ0v) is 14.2. The van der Waals surface area contributed by atoms with Crippen molar-refractivity contribution in [2.45, 2.75) is 18.4 Å². The van der Waals surface area contributed by atoms with Gasteiger partial charge in [0.2, 0.25) is 10.0 Å². The van der Waals surface area contributed by atoms with Crippen LogP contribution >= 0.6 is 0 Å². The maximum Gasteiger partial charge on any atom is 0.289 e. The summed E-state index contributed by atoms with van der Waals surface area (Å²) in [6, 6.07) is 11.5. The van der Waals surface area contributed by atoms with E-state index < -0.39 is 20.6 Å². The molecular formula is C16H17N3O5S. The first-order chi connectivity index (χ1) is 11.8. The Kier molecular flexibility index (Phi) is 5.84. The highest BCUT2D eigenvalue weighted by molar-refractivity contribution is 7.89. The van der Waals surface area contributed by atoms with Gasteiger partial charge in [0.25, 0.3) is 11.6 Å². The molecule has 8 nitrogen and oxygen atoms in total. The Bertz CT molecular complexity index is 879. The molecule has 0 aliphatic rings. The number of nitrogens with one attached hydrogen (secondary N) is 2. The molecule has 0 aromatic heterocycles. The van der Waals surface area contributed by atoms with Crippen molar-refractivity contribution in [3.63, 3.8) is 0 Å². The summed E-state index contributed by atoms with van der Waals surface area (Å²) in [6.45, 7) is 2.27. The van der Waals surface area contributed by atoms with Gasteiger partial charge < -0.3 is 5.32 Å². The molecule has 25 heavy (non-hydrogen) atoms. The maximum atomic E-state index is 12.3. The van der Waals surface area contributed by atoms with E-state index in [2.05, 4.69) is 10.0 Å². The number of nitro groups is 1. The number of rotatable bonds is 7. The molecule has 0 fully saturated rings. The van der Waals surface area contributed by atoms with E-state index in [0.29, 0.717) is 17.7 Å². The molecule has 132 valence electrons. The minimum Gasteiger partial charge on any atom is -0.352 e. The van der Waals surface area contributed by atoms with Crippen LogP contribution in [-0.4, -0.2) is 25.8 Å². The second-order valence-corrected chi connectivity index (χ2v) is 6.84. The maximum absolute atomic E-state index is 12.3. The second kappa shape index (κ2) is 7.86. The van der Waals surface area contributed by atoms with Gasteiger partial charge in [0.05, 0.1) is 4.92 Å². The van der Waals surface area contributed by atoms with Crippen LogP contribution in [0, 0.1) is 10.1 Å². The lowest BCUT2D eigenvalue weighted by Gasteiger charge is -2.08. The van der Waals surface area contributed by atoms with E-state index in [4.69, 9.17) is 0 Å². The third-order valence-corrected chi connectivity index (χ3v) is 4.82. The van der Waals surface area contributed by atoms with Crippen molar-refractivity contribution in [3.05, 3.63) is 69.8 Å². The summed E-state index contributed by atoms with van der Waals surface area (Å²) in [5, 5.41) is 13.6.